The molecule has 9 heteroatoms. The standard InChI is InChI=1S/C8H8O9/c9-5-13-3-1-2-4-14-6(10)16-8(12)17-7(11)15-5/h1-4H2. The topological polar surface area (TPSA) is 114 Å². The van der Waals surface area contributed by atoms with E-state index in [2.05, 4.69) is 23.7 Å². The molecule has 0 amide bonds. The van der Waals surface area contributed by atoms with Crippen molar-refractivity contribution in [3.8, 4) is 0 Å². The first-order valence-electron chi connectivity index (χ1n) is 4.53. The molecule has 0 radical (unpaired) electrons. The van der Waals surface area contributed by atoms with E-state index in [1.54, 1.807) is 0 Å². The molecule has 94 valence electrons. The molecule has 1 saturated heterocycles. The normalized spacial score (nSPS) is 19.3. The van der Waals surface area contributed by atoms with Gasteiger partial charge in [0.05, 0.1) is 13.2 Å². The Bertz CT molecular complexity index is 302. The van der Waals surface area contributed by atoms with E-state index in [0.717, 1.165) is 0 Å². The molecule has 0 saturated carbocycles. The third-order valence-corrected chi connectivity index (χ3v) is 1.48. The van der Waals surface area contributed by atoms with Gasteiger partial charge >= 0.3 is 24.6 Å². The molecular formula is C8H8O9. The molecule has 0 aromatic carbocycles. The summed E-state index contributed by atoms with van der Waals surface area (Å²) in [6.07, 6.45) is -5.18. The summed E-state index contributed by atoms with van der Waals surface area (Å²) in [5.41, 5.74) is 0. The van der Waals surface area contributed by atoms with E-state index < -0.39 is 24.6 Å². The van der Waals surface area contributed by atoms with Crippen molar-refractivity contribution in [2.24, 2.45) is 0 Å². The Morgan fingerprint density at radius 3 is 1.35 bits per heavy atom. The maximum atomic E-state index is 10.8. The van der Waals surface area contributed by atoms with E-state index in [1.165, 1.54) is 0 Å². The number of carbonyl (C=O) groups is 4. The summed E-state index contributed by atoms with van der Waals surface area (Å²) in [5, 5.41) is 0. The summed E-state index contributed by atoms with van der Waals surface area (Å²) in [5.74, 6) is 0. The Hall–Kier alpha value is -2.32. The van der Waals surface area contributed by atoms with Gasteiger partial charge in [0.2, 0.25) is 0 Å². The number of ether oxygens (including phenoxy) is 5. The Labute approximate surface area is 94.5 Å². The van der Waals surface area contributed by atoms with Crippen molar-refractivity contribution in [1.82, 2.24) is 0 Å². The van der Waals surface area contributed by atoms with Crippen LogP contribution in [-0.4, -0.2) is 37.8 Å². The maximum absolute atomic E-state index is 10.8. The van der Waals surface area contributed by atoms with E-state index in [-0.39, 0.29) is 13.2 Å². The molecule has 1 fully saturated rings. The molecule has 0 unspecified atom stereocenters. The number of carbonyl (C=O) groups excluding carboxylic acids is 4. The second-order valence-corrected chi connectivity index (χ2v) is 2.71. The Morgan fingerprint density at radius 2 is 0.941 bits per heavy atom. The Kier molecular flexibility index (Phi) is 4.73. The van der Waals surface area contributed by atoms with E-state index >= 15 is 0 Å². The molecule has 0 aromatic heterocycles. The summed E-state index contributed by atoms with van der Waals surface area (Å²) in [4.78, 5) is 43.0. The first kappa shape index (κ1) is 12.7. The second kappa shape index (κ2) is 6.30. The highest BCUT2D eigenvalue weighted by molar-refractivity contribution is 5.87. The van der Waals surface area contributed by atoms with Crippen LogP contribution in [-0.2, 0) is 23.7 Å². The highest BCUT2D eigenvalue weighted by atomic mass is 16.9. The SMILES string of the molecule is O=C1OCCCCOC(=O)OC(=O)OC(=O)O1. The minimum atomic E-state index is -1.66. The lowest BCUT2D eigenvalue weighted by Gasteiger charge is -2.02. The fraction of sp³-hybridized carbons (Fsp3) is 0.500. The van der Waals surface area contributed by atoms with Crippen LogP contribution in [0.15, 0.2) is 0 Å². The molecule has 0 bridgehead atoms. The smallest absolute Gasteiger partial charge is 0.434 e. The van der Waals surface area contributed by atoms with Crippen LogP contribution in [0.3, 0.4) is 0 Å². The first-order valence-corrected chi connectivity index (χ1v) is 4.53. The van der Waals surface area contributed by atoms with Crippen molar-refractivity contribution in [3.05, 3.63) is 0 Å². The van der Waals surface area contributed by atoms with Gasteiger partial charge in [-0.1, -0.05) is 0 Å². The second-order valence-electron chi connectivity index (χ2n) is 2.71. The molecule has 9 nitrogen and oxygen atoms in total. The Balaban J connectivity index is 2.54. The molecule has 1 aliphatic rings. The number of rotatable bonds is 0. The fourth-order valence-corrected chi connectivity index (χ4v) is 0.820. The molecule has 0 aliphatic carbocycles. The summed E-state index contributed by atoms with van der Waals surface area (Å²) in [6, 6.07) is 0. The molecular weight excluding hydrogens is 240 g/mol. The predicted molar refractivity (Wildman–Crippen MR) is 46.0 cm³/mol. The lowest BCUT2D eigenvalue weighted by atomic mass is 10.3. The van der Waals surface area contributed by atoms with Crippen molar-refractivity contribution in [3.63, 3.8) is 0 Å². The van der Waals surface area contributed by atoms with Gasteiger partial charge in [0.1, 0.15) is 0 Å². The van der Waals surface area contributed by atoms with Crippen LogP contribution in [0.5, 0.6) is 0 Å². The first-order chi connectivity index (χ1) is 8.08. The third-order valence-electron chi connectivity index (χ3n) is 1.48. The average molecular weight is 248 g/mol. The van der Waals surface area contributed by atoms with Crippen LogP contribution in [0.1, 0.15) is 12.8 Å². The molecule has 1 heterocycles. The van der Waals surface area contributed by atoms with Gasteiger partial charge in [-0.3, -0.25) is 0 Å². The van der Waals surface area contributed by atoms with Gasteiger partial charge in [0.15, 0.2) is 0 Å². The summed E-state index contributed by atoms with van der Waals surface area (Å²) in [7, 11) is 0. The minimum absolute atomic E-state index is 0.0293. The van der Waals surface area contributed by atoms with Crippen molar-refractivity contribution >= 4 is 24.6 Å². The van der Waals surface area contributed by atoms with Gasteiger partial charge in [-0.2, -0.15) is 0 Å². The van der Waals surface area contributed by atoms with Crippen molar-refractivity contribution in [1.29, 1.82) is 0 Å². The Morgan fingerprint density at radius 1 is 0.588 bits per heavy atom. The summed E-state index contributed by atoms with van der Waals surface area (Å²) < 4.78 is 20.4. The van der Waals surface area contributed by atoms with E-state index in [9.17, 15) is 19.2 Å². The highest BCUT2D eigenvalue weighted by Crippen LogP contribution is 2.00. The van der Waals surface area contributed by atoms with Crippen molar-refractivity contribution in [2.75, 3.05) is 13.2 Å². The molecule has 1 rings (SSSR count). The van der Waals surface area contributed by atoms with Crippen LogP contribution in [0, 0.1) is 0 Å². The van der Waals surface area contributed by atoms with Crippen molar-refractivity contribution in [2.45, 2.75) is 12.8 Å². The van der Waals surface area contributed by atoms with E-state index in [0.29, 0.717) is 12.8 Å². The fourth-order valence-electron chi connectivity index (χ4n) is 0.820. The molecule has 0 N–H and O–H groups in total. The molecule has 0 atom stereocenters. The summed E-state index contributed by atoms with van der Waals surface area (Å²) >= 11 is 0. The van der Waals surface area contributed by atoms with Crippen LogP contribution in [0.2, 0.25) is 0 Å². The average Bonchev–Trinajstić information content (AvgIpc) is 2.21. The lowest BCUT2D eigenvalue weighted by molar-refractivity contribution is 0.0284. The zero-order chi connectivity index (χ0) is 12.7. The zero-order valence-electron chi connectivity index (χ0n) is 8.50. The van der Waals surface area contributed by atoms with Gasteiger partial charge in [-0.05, 0) is 12.8 Å². The quantitative estimate of drug-likeness (QED) is 0.355. The largest absolute Gasteiger partial charge is 0.528 e. The van der Waals surface area contributed by atoms with Gasteiger partial charge in [0, 0.05) is 0 Å². The van der Waals surface area contributed by atoms with Crippen molar-refractivity contribution < 1.29 is 42.9 Å². The number of hydrogen-bond acceptors (Lipinski definition) is 9. The van der Waals surface area contributed by atoms with Gasteiger partial charge in [-0.25, -0.2) is 19.2 Å². The predicted octanol–water partition coefficient (Wildman–Crippen LogP) is 1.34. The van der Waals surface area contributed by atoms with Gasteiger partial charge < -0.3 is 23.7 Å². The lowest BCUT2D eigenvalue weighted by Crippen LogP contribution is -2.21. The maximum Gasteiger partial charge on any atom is 0.528 e. The molecule has 17 heavy (non-hydrogen) atoms. The van der Waals surface area contributed by atoms with E-state index in [4.69, 9.17) is 0 Å². The monoisotopic (exact) mass is 248 g/mol. The third kappa shape index (κ3) is 5.35. The molecule has 0 spiro atoms. The van der Waals surface area contributed by atoms with Crippen LogP contribution in [0.4, 0.5) is 19.2 Å². The molecule has 0 aromatic rings. The van der Waals surface area contributed by atoms with Gasteiger partial charge in [-0.15, -0.1) is 0 Å². The number of cyclic esters (lactones) is 8. The molecule has 1 aliphatic heterocycles. The van der Waals surface area contributed by atoms with Crippen LogP contribution >= 0.6 is 0 Å². The zero-order valence-corrected chi connectivity index (χ0v) is 8.50. The van der Waals surface area contributed by atoms with Crippen LogP contribution < -0.4 is 0 Å². The highest BCUT2D eigenvalue weighted by Gasteiger charge is 2.22. The van der Waals surface area contributed by atoms with Crippen LogP contribution in [0.25, 0.3) is 0 Å². The van der Waals surface area contributed by atoms with Gasteiger partial charge in [0.25, 0.3) is 0 Å². The number of hydrogen-bond donors (Lipinski definition) is 0. The summed E-state index contributed by atoms with van der Waals surface area (Å²) in [6.45, 7) is -0.0586. The minimum Gasteiger partial charge on any atom is -0.434 e. The van der Waals surface area contributed by atoms with E-state index in [1.807, 2.05) is 0 Å².